The summed E-state index contributed by atoms with van der Waals surface area (Å²) in [6, 6.07) is 4.63. The van der Waals surface area contributed by atoms with E-state index in [0.717, 1.165) is 6.42 Å². The minimum Gasteiger partial charge on any atom is -0.399 e. The van der Waals surface area contributed by atoms with Crippen molar-refractivity contribution in [1.82, 2.24) is 9.62 Å². The Hall–Kier alpha value is -0.630. The van der Waals surface area contributed by atoms with Crippen molar-refractivity contribution in [3.05, 3.63) is 22.7 Å². The van der Waals surface area contributed by atoms with Crippen molar-refractivity contribution in [3.63, 3.8) is 0 Å². The van der Waals surface area contributed by atoms with E-state index < -0.39 is 10.0 Å². The first kappa shape index (κ1) is 18.4. The number of nitrogens with zero attached hydrogens (tertiary/aromatic N) is 1. The van der Waals surface area contributed by atoms with Gasteiger partial charge in [0, 0.05) is 22.7 Å². The molecule has 1 unspecified atom stereocenters. The topological polar surface area (TPSA) is 75.4 Å². The lowest BCUT2D eigenvalue weighted by molar-refractivity contribution is 0.329. The van der Waals surface area contributed by atoms with E-state index in [1.165, 1.54) is 6.07 Å². The minimum absolute atomic E-state index is 0.140. The maximum Gasteiger partial charge on any atom is 0.242 e. The lowest BCUT2D eigenvalue weighted by atomic mass is 10.0. The highest BCUT2D eigenvalue weighted by Crippen LogP contribution is 2.24. The van der Waals surface area contributed by atoms with Crippen LogP contribution in [0.1, 0.15) is 20.3 Å². The van der Waals surface area contributed by atoms with Gasteiger partial charge in [-0.3, -0.25) is 0 Å². The normalized spacial score (nSPS) is 13.9. The average molecular weight is 378 g/mol. The Bertz CT molecular complexity index is 564. The van der Waals surface area contributed by atoms with Crippen LogP contribution in [0.25, 0.3) is 0 Å². The number of sulfonamides is 1. The van der Waals surface area contributed by atoms with Gasteiger partial charge in [0.25, 0.3) is 0 Å². The van der Waals surface area contributed by atoms with Gasteiger partial charge in [-0.05, 0) is 60.6 Å². The highest BCUT2D eigenvalue weighted by molar-refractivity contribution is 9.10. The molecule has 0 heterocycles. The fourth-order valence-corrected chi connectivity index (χ4v) is 4.42. The first-order valence-corrected chi connectivity index (χ1v) is 9.11. The van der Waals surface area contributed by atoms with E-state index in [2.05, 4.69) is 34.5 Å². The lowest BCUT2D eigenvalue weighted by Gasteiger charge is -2.24. The van der Waals surface area contributed by atoms with Gasteiger partial charge in [-0.15, -0.1) is 0 Å². The molecule has 0 spiro atoms. The zero-order valence-corrected chi connectivity index (χ0v) is 15.3. The first-order chi connectivity index (χ1) is 9.61. The molecule has 7 heteroatoms. The Morgan fingerprint density at radius 2 is 1.95 bits per heavy atom. The van der Waals surface area contributed by atoms with E-state index in [0.29, 0.717) is 22.6 Å². The second-order valence-electron chi connectivity index (χ2n) is 5.90. The molecule has 0 aliphatic heterocycles. The van der Waals surface area contributed by atoms with Crippen molar-refractivity contribution in [2.75, 3.05) is 26.4 Å². The van der Waals surface area contributed by atoms with Crippen LogP contribution < -0.4 is 10.5 Å². The fraction of sp³-hybridized carbons (Fsp3) is 0.571. The van der Waals surface area contributed by atoms with Crippen LogP contribution in [0.5, 0.6) is 0 Å². The Labute approximate surface area is 136 Å². The van der Waals surface area contributed by atoms with E-state index >= 15 is 0 Å². The number of nitrogen functional groups attached to an aromatic ring is 1. The largest absolute Gasteiger partial charge is 0.399 e. The molecule has 0 fully saturated rings. The molecule has 21 heavy (non-hydrogen) atoms. The second-order valence-corrected chi connectivity index (χ2v) is 8.44. The monoisotopic (exact) mass is 377 g/mol. The number of hydrogen-bond donors (Lipinski definition) is 2. The van der Waals surface area contributed by atoms with Crippen LogP contribution in [-0.4, -0.2) is 40.0 Å². The summed E-state index contributed by atoms with van der Waals surface area (Å²) in [6.07, 6.45) is 0.775. The molecule has 0 amide bonds. The van der Waals surface area contributed by atoms with Crippen LogP contribution in [0.4, 0.5) is 5.69 Å². The van der Waals surface area contributed by atoms with Crippen molar-refractivity contribution in [2.45, 2.75) is 31.2 Å². The summed E-state index contributed by atoms with van der Waals surface area (Å²) in [7, 11) is 0.250. The molecule has 0 bridgehead atoms. The molecular formula is C14H24BrN3O2S. The molecule has 1 aromatic rings. The fourth-order valence-electron chi connectivity index (χ4n) is 2.18. The zero-order valence-electron chi connectivity index (χ0n) is 12.9. The van der Waals surface area contributed by atoms with Gasteiger partial charge in [0.05, 0.1) is 4.90 Å². The second kappa shape index (κ2) is 7.58. The summed E-state index contributed by atoms with van der Waals surface area (Å²) in [4.78, 5) is 2.15. The number of nitrogens with two attached hydrogens (primary N) is 1. The summed E-state index contributed by atoms with van der Waals surface area (Å²) >= 11 is 3.27. The number of hydrogen-bond acceptors (Lipinski definition) is 4. The van der Waals surface area contributed by atoms with Crippen LogP contribution >= 0.6 is 15.9 Å². The van der Waals surface area contributed by atoms with Gasteiger partial charge in [-0.25, -0.2) is 13.1 Å². The predicted molar refractivity (Wildman–Crippen MR) is 90.7 cm³/mol. The maximum atomic E-state index is 12.6. The van der Waals surface area contributed by atoms with Crippen molar-refractivity contribution in [1.29, 1.82) is 0 Å². The molecule has 0 aliphatic carbocycles. The SMILES string of the molecule is CC(C)CC(CN(C)C)NS(=O)(=O)c1cc(N)ccc1Br. The van der Waals surface area contributed by atoms with Crippen molar-refractivity contribution >= 4 is 31.6 Å². The van der Waals surface area contributed by atoms with Crippen LogP contribution in [0.2, 0.25) is 0 Å². The van der Waals surface area contributed by atoms with Gasteiger partial charge in [-0.2, -0.15) is 0 Å². The molecule has 1 aromatic carbocycles. The van der Waals surface area contributed by atoms with Gasteiger partial charge >= 0.3 is 0 Å². The Kier molecular flexibility index (Phi) is 6.65. The number of benzene rings is 1. The third kappa shape index (κ3) is 5.94. The van der Waals surface area contributed by atoms with Crippen LogP contribution in [0.15, 0.2) is 27.6 Å². The number of rotatable bonds is 7. The third-order valence-corrected chi connectivity index (χ3v) is 5.42. The number of halogens is 1. The number of nitrogens with one attached hydrogen (secondary N) is 1. The highest BCUT2D eigenvalue weighted by Gasteiger charge is 2.23. The third-order valence-electron chi connectivity index (χ3n) is 2.91. The Balaban J connectivity index is 3.02. The molecule has 5 nitrogen and oxygen atoms in total. The van der Waals surface area contributed by atoms with Crippen LogP contribution in [-0.2, 0) is 10.0 Å². The minimum atomic E-state index is -3.61. The van der Waals surface area contributed by atoms with Gasteiger partial charge < -0.3 is 10.6 Å². The summed E-state index contributed by atoms with van der Waals surface area (Å²) < 4.78 is 28.4. The molecule has 0 saturated carbocycles. The van der Waals surface area contributed by atoms with Crippen molar-refractivity contribution in [2.24, 2.45) is 5.92 Å². The van der Waals surface area contributed by atoms with Crippen LogP contribution in [0, 0.1) is 5.92 Å². The van der Waals surface area contributed by atoms with Gasteiger partial charge in [0.15, 0.2) is 0 Å². The van der Waals surface area contributed by atoms with Crippen molar-refractivity contribution in [3.8, 4) is 0 Å². The summed E-state index contributed by atoms with van der Waals surface area (Å²) in [5, 5.41) is 0. The molecule has 1 rings (SSSR count). The molecule has 3 N–H and O–H groups in total. The Morgan fingerprint density at radius 1 is 1.33 bits per heavy atom. The van der Waals surface area contributed by atoms with Gasteiger partial charge in [0.2, 0.25) is 10.0 Å². The summed E-state index contributed by atoms with van der Waals surface area (Å²) in [5.74, 6) is 0.405. The number of likely N-dealkylation sites (N-methyl/N-ethyl adjacent to an activating group) is 1. The van der Waals surface area contributed by atoms with Gasteiger partial charge in [-0.1, -0.05) is 13.8 Å². The van der Waals surface area contributed by atoms with E-state index in [-0.39, 0.29) is 10.9 Å². The van der Waals surface area contributed by atoms with E-state index in [1.54, 1.807) is 12.1 Å². The average Bonchev–Trinajstić information content (AvgIpc) is 2.29. The van der Waals surface area contributed by atoms with E-state index in [1.807, 2.05) is 19.0 Å². The molecule has 120 valence electrons. The quantitative estimate of drug-likeness (QED) is 0.714. The maximum absolute atomic E-state index is 12.6. The van der Waals surface area contributed by atoms with Crippen molar-refractivity contribution < 1.29 is 8.42 Å². The summed E-state index contributed by atoms with van der Waals surface area (Å²) in [5.41, 5.74) is 6.12. The smallest absolute Gasteiger partial charge is 0.242 e. The molecule has 0 radical (unpaired) electrons. The molecule has 0 saturated heterocycles. The lowest BCUT2D eigenvalue weighted by Crippen LogP contribution is -2.42. The van der Waals surface area contributed by atoms with E-state index in [4.69, 9.17) is 5.73 Å². The Morgan fingerprint density at radius 3 is 2.48 bits per heavy atom. The molecule has 0 aromatic heterocycles. The first-order valence-electron chi connectivity index (χ1n) is 6.84. The molecular weight excluding hydrogens is 354 g/mol. The van der Waals surface area contributed by atoms with Crippen LogP contribution in [0.3, 0.4) is 0 Å². The summed E-state index contributed by atoms with van der Waals surface area (Å²) in [6.45, 7) is 4.80. The van der Waals surface area contributed by atoms with Gasteiger partial charge in [0.1, 0.15) is 0 Å². The number of anilines is 1. The molecule has 1 atom stereocenters. The molecule has 0 aliphatic rings. The zero-order chi connectivity index (χ0) is 16.2. The standard InChI is InChI=1S/C14H24BrN3O2S/c1-10(2)7-12(9-18(3)4)17-21(19,20)14-8-11(16)5-6-13(14)15/h5-6,8,10,12,17H,7,9,16H2,1-4H3. The predicted octanol–water partition coefficient (Wildman–Crippen LogP) is 2.29. The van der Waals surface area contributed by atoms with E-state index in [9.17, 15) is 8.42 Å². The highest BCUT2D eigenvalue weighted by atomic mass is 79.9.